The molecule has 3 heteroatoms. The lowest BCUT2D eigenvalue weighted by molar-refractivity contribution is 0.180. The summed E-state index contributed by atoms with van der Waals surface area (Å²) in [5.41, 5.74) is 2.69. The first-order chi connectivity index (χ1) is 9.33. The van der Waals surface area contributed by atoms with Crippen molar-refractivity contribution in [2.75, 3.05) is 37.7 Å². The molecule has 0 aromatic heterocycles. The van der Waals surface area contributed by atoms with E-state index in [0.717, 1.165) is 44.5 Å². The van der Waals surface area contributed by atoms with Crippen molar-refractivity contribution >= 4 is 5.69 Å². The monoisotopic (exact) mass is 260 g/mol. The molecule has 0 unspecified atom stereocenters. The molecule has 1 aliphatic carbocycles. The maximum Gasteiger partial charge on any atom is 0.119 e. The van der Waals surface area contributed by atoms with Crippen LogP contribution in [0.2, 0.25) is 0 Å². The highest BCUT2D eigenvalue weighted by atomic mass is 16.5. The topological polar surface area (TPSA) is 24.5 Å². The van der Waals surface area contributed by atoms with E-state index in [9.17, 15) is 0 Å². The lowest BCUT2D eigenvalue weighted by Crippen LogP contribution is -2.43. The summed E-state index contributed by atoms with van der Waals surface area (Å²) in [6.07, 6.45) is 4.07. The molecule has 1 heterocycles. The molecule has 19 heavy (non-hydrogen) atoms. The minimum absolute atomic E-state index is 0.799. The Bertz CT molecular complexity index is 423. The fourth-order valence-electron chi connectivity index (χ4n) is 2.85. The number of nitrogens with zero attached hydrogens (tertiary/aromatic N) is 1. The number of ether oxygens (including phenoxy) is 1. The Labute approximate surface area is 115 Å². The molecule has 0 spiro atoms. The van der Waals surface area contributed by atoms with Gasteiger partial charge in [-0.15, -0.1) is 0 Å². The van der Waals surface area contributed by atoms with Crippen LogP contribution in [0.15, 0.2) is 18.2 Å². The zero-order valence-electron chi connectivity index (χ0n) is 11.8. The number of aryl methyl sites for hydroxylation is 1. The molecule has 1 aliphatic heterocycles. The van der Waals surface area contributed by atoms with Crippen LogP contribution < -0.4 is 15.0 Å². The molecule has 1 saturated heterocycles. The van der Waals surface area contributed by atoms with Crippen LogP contribution >= 0.6 is 0 Å². The van der Waals surface area contributed by atoms with Gasteiger partial charge in [-0.2, -0.15) is 0 Å². The minimum Gasteiger partial charge on any atom is -0.493 e. The van der Waals surface area contributed by atoms with Crippen molar-refractivity contribution in [1.29, 1.82) is 0 Å². The lowest BCUT2D eigenvalue weighted by Gasteiger charge is -2.31. The third-order valence-electron chi connectivity index (χ3n) is 4.34. The molecule has 1 N–H and O–H groups in total. The molecule has 2 fully saturated rings. The van der Waals surface area contributed by atoms with Crippen LogP contribution in [0.25, 0.3) is 0 Å². The first-order valence-corrected chi connectivity index (χ1v) is 7.52. The Balaban J connectivity index is 1.62. The van der Waals surface area contributed by atoms with Crippen molar-refractivity contribution in [3.05, 3.63) is 23.8 Å². The molecule has 2 aliphatic rings. The van der Waals surface area contributed by atoms with Crippen molar-refractivity contribution in [2.45, 2.75) is 26.2 Å². The molecule has 1 aromatic rings. The van der Waals surface area contributed by atoms with Gasteiger partial charge in [-0.05, 0) is 49.4 Å². The second kappa shape index (κ2) is 5.83. The van der Waals surface area contributed by atoms with E-state index in [0.29, 0.717) is 0 Å². The predicted octanol–water partition coefficient (Wildman–Crippen LogP) is 2.58. The number of piperazine rings is 1. The Morgan fingerprint density at radius 2 is 2.05 bits per heavy atom. The van der Waals surface area contributed by atoms with E-state index >= 15 is 0 Å². The summed E-state index contributed by atoms with van der Waals surface area (Å²) < 4.78 is 5.90. The summed E-state index contributed by atoms with van der Waals surface area (Å²) in [6.45, 7) is 7.45. The van der Waals surface area contributed by atoms with Gasteiger partial charge < -0.3 is 15.0 Å². The molecule has 104 valence electrons. The summed E-state index contributed by atoms with van der Waals surface area (Å²) in [5.74, 6) is 1.83. The highest BCUT2D eigenvalue weighted by molar-refractivity contribution is 5.56. The zero-order chi connectivity index (χ0) is 13.1. The predicted molar refractivity (Wildman–Crippen MR) is 79.1 cm³/mol. The van der Waals surface area contributed by atoms with Gasteiger partial charge in [-0.3, -0.25) is 0 Å². The van der Waals surface area contributed by atoms with Gasteiger partial charge in [-0.1, -0.05) is 6.42 Å². The maximum absolute atomic E-state index is 5.90. The summed E-state index contributed by atoms with van der Waals surface area (Å²) in [5, 5.41) is 3.39. The van der Waals surface area contributed by atoms with Gasteiger partial charge in [-0.25, -0.2) is 0 Å². The molecular weight excluding hydrogens is 236 g/mol. The summed E-state index contributed by atoms with van der Waals surface area (Å²) in [6, 6.07) is 6.54. The lowest BCUT2D eigenvalue weighted by atomic mass is 9.86. The molecule has 0 amide bonds. The Kier molecular flexibility index (Phi) is 3.92. The van der Waals surface area contributed by atoms with Crippen LogP contribution in [0, 0.1) is 12.8 Å². The van der Waals surface area contributed by atoms with E-state index in [4.69, 9.17) is 4.74 Å². The molecule has 3 rings (SSSR count). The molecule has 0 radical (unpaired) electrons. The van der Waals surface area contributed by atoms with Crippen LogP contribution in [-0.2, 0) is 0 Å². The van der Waals surface area contributed by atoms with Crippen LogP contribution in [0.3, 0.4) is 0 Å². The first kappa shape index (κ1) is 12.8. The van der Waals surface area contributed by atoms with Crippen molar-refractivity contribution in [1.82, 2.24) is 5.32 Å². The Morgan fingerprint density at radius 1 is 1.26 bits per heavy atom. The van der Waals surface area contributed by atoms with Crippen LogP contribution in [0.1, 0.15) is 24.8 Å². The van der Waals surface area contributed by atoms with E-state index in [1.807, 2.05) is 0 Å². The highest BCUT2D eigenvalue weighted by Crippen LogP contribution is 2.29. The third-order valence-corrected chi connectivity index (χ3v) is 4.34. The quantitative estimate of drug-likeness (QED) is 0.900. The second-order valence-electron chi connectivity index (χ2n) is 5.79. The van der Waals surface area contributed by atoms with E-state index in [1.165, 1.54) is 30.5 Å². The largest absolute Gasteiger partial charge is 0.493 e. The van der Waals surface area contributed by atoms with Gasteiger partial charge in [0.2, 0.25) is 0 Å². The smallest absolute Gasteiger partial charge is 0.119 e. The number of benzene rings is 1. The number of hydrogen-bond acceptors (Lipinski definition) is 3. The fraction of sp³-hybridized carbons (Fsp3) is 0.625. The van der Waals surface area contributed by atoms with Crippen LogP contribution in [-0.4, -0.2) is 32.8 Å². The van der Waals surface area contributed by atoms with Gasteiger partial charge >= 0.3 is 0 Å². The van der Waals surface area contributed by atoms with Crippen molar-refractivity contribution < 1.29 is 4.74 Å². The van der Waals surface area contributed by atoms with Crippen molar-refractivity contribution in [2.24, 2.45) is 5.92 Å². The summed E-state index contributed by atoms with van der Waals surface area (Å²) in [7, 11) is 0. The van der Waals surface area contributed by atoms with Gasteiger partial charge in [0, 0.05) is 31.9 Å². The Hall–Kier alpha value is -1.22. The number of rotatable bonds is 4. The average molecular weight is 260 g/mol. The minimum atomic E-state index is 0.799. The number of nitrogens with one attached hydrogen (secondary N) is 1. The maximum atomic E-state index is 5.90. The average Bonchev–Trinajstić information content (AvgIpc) is 2.38. The van der Waals surface area contributed by atoms with Crippen LogP contribution in [0.4, 0.5) is 5.69 Å². The molecule has 0 bridgehead atoms. The van der Waals surface area contributed by atoms with Crippen LogP contribution in [0.5, 0.6) is 5.75 Å². The highest BCUT2D eigenvalue weighted by Gasteiger charge is 2.18. The number of hydrogen-bond donors (Lipinski definition) is 1. The fourth-order valence-corrected chi connectivity index (χ4v) is 2.85. The van der Waals surface area contributed by atoms with Crippen molar-refractivity contribution in [3.63, 3.8) is 0 Å². The van der Waals surface area contributed by atoms with E-state index in [-0.39, 0.29) is 0 Å². The Morgan fingerprint density at radius 3 is 2.68 bits per heavy atom. The number of anilines is 1. The van der Waals surface area contributed by atoms with Gasteiger partial charge in [0.1, 0.15) is 5.75 Å². The zero-order valence-corrected chi connectivity index (χ0v) is 11.8. The molecule has 1 aromatic carbocycles. The molecule has 0 atom stereocenters. The molecule has 1 saturated carbocycles. The van der Waals surface area contributed by atoms with E-state index in [1.54, 1.807) is 0 Å². The van der Waals surface area contributed by atoms with Gasteiger partial charge in [0.25, 0.3) is 0 Å². The van der Waals surface area contributed by atoms with E-state index in [2.05, 4.69) is 35.3 Å². The standard InChI is InChI=1S/C16H24N2O/c1-13-11-15(19-12-14-3-2-4-14)5-6-16(13)18-9-7-17-8-10-18/h5-6,11,14,17H,2-4,7-10,12H2,1H3. The van der Waals surface area contributed by atoms with Gasteiger partial charge in [0.05, 0.1) is 6.61 Å². The van der Waals surface area contributed by atoms with Gasteiger partial charge in [0.15, 0.2) is 0 Å². The normalized spacial score (nSPS) is 20.2. The second-order valence-corrected chi connectivity index (χ2v) is 5.79. The first-order valence-electron chi connectivity index (χ1n) is 7.52. The summed E-state index contributed by atoms with van der Waals surface area (Å²) >= 11 is 0. The molecule has 3 nitrogen and oxygen atoms in total. The third kappa shape index (κ3) is 3.03. The van der Waals surface area contributed by atoms with E-state index < -0.39 is 0 Å². The molecular formula is C16H24N2O. The summed E-state index contributed by atoms with van der Waals surface area (Å²) in [4.78, 5) is 2.46. The SMILES string of the molecule is Cc1cc(OCC2CCC2)ccc1N1CCNCC1. The van der Waals surface area contributed by atoms with Crippen molar-refractivity contribution in [3.8, 4) is 5.75 Å².